The van der Waals surface area contributed by atoms with Crippen LogP contribution in [0.2, 0.25) is 0 Å². The summed E-state index contributed by atoms with van der Waals surface area (Å²) in [6.07, 6.45) is 1.71. The van der Waals surface area contributed by atoms with Gasteiger partial charge >= 0.3 is 0 Å². The molecule has 2 aliphatic rings. The van der Waals surface area contributed by atoms with Crippen molar-refractivity contribution in [1.82, 2.24) is 14.4 Å². The molecule has 0 saturated carbocycles. The van der Waals surface area contributed by atoms with Gasteiger partial charge in [-0.25, -0.2) is 0 Å². The summed E-state index contributed by atoms with van der Waals surface area (Å²) in [6, 6.07) is 18.6. The van der Waals surface area contributed by atoms with Gasteiger partial charge < -0.3 is 18.9 Å². The first-order valence-corrected chi connectivity index (χ1v) is 13.2. The van der Waals surface area contributed by atoms with E-state index in [2.05, 4.69) is 10.6 Å². The monoisotopic (exact) mass is 542 g/mol. The first kappa shape index (κ1) is 26.3. The molecule has 1 aromatic heterocycles. The van der Waals surface area contributed by atoms with Crippen molar-refractivity contribution in [3.63, 3.8) is 0 Å². The SMILES string of the molecule is Cc1cc(/C=C2\SC(=O)N(CC(=O)N3CCOCC3)C2=O)c(C)n1-c1ccc(Oc2ccc(C#N)cc2)cc1. The number of morpholine rings is 1. The Bertz CT molecular complexity index is 1500. The number of nitriles is 1. The number of ether oxygens (including phenoxy) is 2. The number of aryl methyl sites for hydroxylation is 1. The van der Waals surface area contributed by atoms with Crippen LogP contribution in [-0.2, 0) is 14.3 Å². The van der Waals surface area contributed by atoms with Gasteiger partial charge in [-0.1, -0.05) is 0 Å². The molecule has 3 heterocycles. The number of rotatable bonds is 6. The van der Waals surface area contributed by atoms with E-state index in [1.165, 1.54) is 0 Å². The Hall–Kier alpha value is -4.33. The molecule has 0 atom stereocenters. The second-order valence-electron chi connectivity index (χ2n) is 9.16. The lowest BCUT2D eigenvalue weighted by atomic mass is 10.2. The van der Waals surface area contributed by atoms with E-state index in [0.29, 0.717) is 48.3 Å². The molecule has 0 unspecified atom stereocenters. The van der Waals surface area contributed by atoms with Gasteiger partial charge in [-0.2, -0.15) is 5.26 Å². The molecule has 5 rings (SSSR count). The first-order chi connectivity index (χ1) is 18.8. The number of carbonyl (C=O) groups is 3. The van der Waals surface area contributed by atoms with Crippen LogP contribution in [0, 0.1) is 25.2 Å². The highest BCUT2D eigenvalue weighted by Gasteiger charge is 2.37. The number of thioether (sulfide) groups is 1. The third-order valence-corrected chi connectivity index (χ3v) is 7.51. The minimum atomic E-state index is -0.458. The highest BCUT2D eigenvalue weighted by atomic mass is 32.2. The molecule has 0 aliphatic carbocycles. The normalized spacial score (nSPS) is 16.6. The third-order valence-electron chi connectivity index (χ3n) is 6.60. The fourth-order valence-electron chi connectivity index (χ4n) is 4.55. The van der Waals surface area contributed by atoms with Crippen LogP contribution in [-0.4, -0.2) is 64.3 Å². The average Bonchev–Trinajstić information content (AvgIpc) is 3.38. The Labute approximate surface area is 230 Å². The van der Waals surface area contributed by atoms with Crippen LogP contribution in [0.4, 0.5) is 4.79 Å². The Balaban J connectivity index is 1.31. The molecule has 2 saturated heterocycles. The van der Waals surface area contributed by atoms with E-state index in [9.17, 15) is 14.4 Å². The predicted molar refractivity (Wildman–Crippen MR) is 147 cm³/mol. The van der Waals surface area contributed by atoms with Gasteiger partial charge in [0.2, 0.25) is 5.91 Å². The predicted octanol–water partition coefficient (Wildman–Crippen LogP) is 4.65. The fraction of sp³-hybridized carbons (Fsp3) is 0.241. The highest BCUT2D eigenvalue weighted by Crippen LogP contribution is 2.34. The Morgan fingerprint density at radius 3 is 2.33 bits per heavy atom. The van der Waals surface area contributed by atoms with Gasteiger partial charge in [0.25, 0.3) is 11.1 Å². The van der Waals surface area contributed by atoms with Gasteiger partial charge in [-0.15, -0.1) is 0 Å². The number of benzene rings is 2. The molecular weight excluding hydrogens is 516 g/mol. The number of hydrogen-bond donors (Lipinski definition) is 0. The van der Waals surface area contributed by atoms with Gasteiger partial charge in [-0.05, 0) is 91.8 Å². The zero-order chi connectivity index (χ0) is 27.5. The second kappa shape index (κ2) is 11.2. The smallest absolute Gasteiger partial charge is 0.294 e. The fourth-order valence-corrected chi connectivity index (χ4v) is 5.38. The molecule has 10 heteroatoms. The summed E-state index contributed by atoms with van der Waals surface area (Å²) >= 11 is 0.850. The van der Waals surface area contributed by atoms with Crippen LogP contribution in [0.1, 0.15) is 22.5 Å². The molecule has 3 aromatic rings. The van der Waals surface area contributed by atoms with Gasteiger partial charge in [0.05, 0.1) is 29.8 Å². The van der Waals surface area contributed by atoms with Crippen LogP contribution in [0.5, 0.6) is 11.5 Å². The lowest BCUT2D eigenvalue weighted by molar-refractivity contribution is -0.139. The van der Waals surface area contributed by atoms with E-state index in [4.69, 9.17) is 14.7 Å². The number of carbonyl (C=O) groups excluding carboxylic acids is 3. The summed E-state index contributed by atoms with van der Waals surface area (Å²) in [4.78, 5) is 41.1. The molecular formula is C29H26N4O5S. The quantitative estimate of drug-likeness (QED) is 0.418. The summed E-state index contributed by atoms with van der Waals surface area (Å²) in [5.41, 5.74) is 4.17. The van der Waals surface area contributed by atoms with Crippen LogP contribution in [0.3, 0.4) is 0 Å². The number of hydrogen-bond acceptors (Lipinski definition) is 7. The van der Waals surface area contributed by atoms with E-state index in [1.807, 2.05) is 44.2 Å². The van der Waals surface area contributed by atoms with Crippen molar-refractivity contribution in [2.45, 2.75) is 13.8 Å². The minimum Gasteiger partial charge on any atom is -0.457 e. The van der Waals surface area contributed by atoms with Crippen molar-refractivity contribution in [2.24, 2.45) is 0 Å². The number of imide groups is 1. The van der Waals surface area contributed by atoms with Crippen LogP contribution in [0.15, 0.2) is 59.5 Å². The van der Waals surface area contributed by atoms with Crippen LogP contribution < -0.4 is 4.74 Å². The van der Waals surface area contributed by atoms with E-state index in [0.717, 1.165) is 39.3 Å². The summed E-state index contributed by atoms with van der Waals surface area (Å²) in [5, 5.41) is 8.50. The first-order valence-electron chi connectivity index (χ1n) is 12.4. The Morgan fingerprint density at radius 2 is 1.69 bits per heavy atom. The maximum absolute atomic E-state index is 13.0. The van der Waals surface area contributed by atoms with Crippen molar-refractivity contribution in [1.29, 1.82) is 5.26 Å². The Morgan fingerprint density at radius 1 is 1.05 bits per heavy atom. The average molecular weight is 543 g/mol. The number of aromatic nitrogens is 1. The lowest BCUT2D eigenvalue weighted by Crippen LogP contribution is -2.46. The van der Waals surface area contributed by atoms with Crippen molar-refractivity contribution in [3.8, 4) is 23.3 Å². The number of amides is 3. The molecule has 0 radical (unpaired) electrons. The molecule has 2 aromatic carbocycles. The summed E-state index contributed by atoms with van der Waals surface area (Å²) in [5.74, 6) is 0.580. The minimum absolute atomic E-state index is 0.258. The summed E-state index contributed by atoms with van der Waals surface area (Å²) < 4.78 is 13.2. The van der Waals surface area contributed by atoms with E-state index in [1.54, 1.807) is 35.2 Å². The highest BCUT2D eigenvalue weighted by molar-refractivity contribution is 8.18. The van der Waals surface area contributed by atoms with Crippen LogP contribution >= 0.6 is 11.8 Å². The molecule has 2 fully saturated rings. The molecule has 9 nitrogen and oxygen atoms in total. The molecule has 0 bridgehead atoms. The standard InChI is InChI=1S/C29H26N4O5S/c1-19-15-22(16-26-28(35)32(29(36)39-26)18-27(34)31-11-13-37-14-12-31)20(2)33(19)23-5-9-25(10-6-23)38-24-7-3-21(17-30)4-8-24/h3-10,15-16H,11-14,18H2,1-2H3/b26-16-. The van der Waals surface area contributed by atoms with Gasteiger partial charge in [0.1, 0.15) is 18.0 Å². The van der Waals surface area contributed by atoms with E-state index in [-0.39, 0.29) is 12.5 Å². The lowest BCUT2D eigenvalue weighted by Gasteiger charge is -2.28. The molecule has 39 heavy (non-hydrogen) atoms. The third kappa shape index (κ3) is 5.60. The molecule has 0 N–H and O–H groups in total. The van der Waals surface area contributed by atoms with E-state index < -0.39 is 11.1 Å². The van der Waals surface area contributed by atoms with Gasteiger partial charge in [0.15, 0.2) is 0 Å². The van der Waals surface area contributed by atoms with Gasteiger partial charge in [0, 0.05) is 30.2 Å². The number of nitrogens with zero attached hydrogens (tertiary/aromatic N) is 4. The maximum atomic E-state index is 13.0. The topological polar surface area (TPSA) is 105 Å². The second-order valence-corrected chi connectivity index (χ2v) is 10.1. The molecule has 0 spiro atoms. The van der Waals surface area contributed by atoms with E-state index >= 15 is 0 Å². The Kier molecular flexibility index (Phi) is 7.54. The van der Waals surface area contributed by atoms with Gasteiger partial charge in [-0.3, -0.25) is 19.3 Å². The molecule has 198 valence electrons. The molecule has 2 aliphatic heterocycles. The largest absolute Gasteiger partial charge is 0.457 e. The molecule has 3 amide bonds. The summed E-state index contributed by atoms with van der Waals surface area (Å²) in [6.45, 7) is 5.48. The van der Waals surface area contributed by atoms with Crippen molar-refractivity contribution in [2.75, 3.05) is 32.8 Å². The van der Waals surface area contributed by atoms with Crippen molar-refractivity contribution >= 4 is 34.9 Å². The van der Waals surface area contributed by atoms with Crippen LogP contribution in [0.25, 0.3) is 11.8 Å². The van der Waals surface area contributed by atoms with Crippen molar-refractivity contribution < 1.29 is 23.9 Å². The zero-order valence-corrected chi connectivity index (χ0v) is 22.4. The maximum Gasteiger partial charge on any atom is 0.294 e. The van der Waals surface area contributed by atoms with Crippen molar-refractivity contribution in [3.05, 3.63) is 82.0 Å². The summed E-state index contributed by atoms with van der Waals surface area (Å²) in [7, 11) is 0. The zero-order valence-electron chi connectivity index (χ0n) is 21.5.